The van der Waals surface area contributed by atoms with Crippen LogP contribution in [0.1, 0.15) is 62.8 Å². The Balaban J connectivity index is 1.30. The molecule has 3 aromatic carbocycles. The quantitative estimate of drug-likeness (QED) is 0.195. The molecule has 1 fully saturated rings. The monoisotopic (exact) mass is 711 g/mol. The molecule has 0 radical (unpaired) electrons. The number of phenols is 1. The van der Waals surface area contributed by atoms with E-state index in [1.807, 2.05) is 6.07 Å². The van der Waals surface area contributed by atoms with Crippen molar-refractivity contribution in [3.63, 3.8) is 0 Å². The molecule has 48 heavy (non-hydrogen) atoms. The Morgan fingerprint density at radius 2 is 1.75 bits per heavy atom. The average Bonchev–Trinajstić information content (AvgIpc) is 3.43. The lowest BCUT2D eigenvalue weighted by Crippen LogP contribution is -2.53. The lowest BCUT2D eigenvalue weighted by atomic mass is 9.98. The van der Waals surface area contributed by atoms with Crippen molar-refractivity contribution >= 4 is 39.5 Å². The molecular formula is C37H38BrN5O5. The molecule has 4 aromatic rings. The number of aromatic hydroxyl groups is 1. The lowest BCUT2D eigenvalue weighted by molar-refractivity contribution is -0.142. The van der Waals surface area contributed by atoms with Crippen LogP contribution in [-0.4, -0.2) is 55.9 Å². The summed E-state index contributed by atoms with van der Waals surface area (Å²) >= 11 is 3.44. The predicted octanol–water partition coefficient (Wildman–Crippen LogP) is 6.54. The van der Waals surface area contributed by atoms with E-state index in [9.17, 15) is 19.5 Å². The fourth-order valence-corrected chi connectivity index (χ4v) is 5.83. The highest BCUT2D eigenvalue weighted by molar-refractivity contribution is 9.10. The molecule has 0 saturated carbocycles. The van der Waals surface area contributed by atoms with Crippen LogP contribution < -0.4 is 10.6 Å². The third-order valence-corrected chi connectivity index (χ3v) is 8.16. The number of aryl methyl sites for hydroxylation is 1. The topological polar surface area (TPSA) is 126 Å². The molecule has 1 unspecified atom stereocenters. The number of aromatic nitrogens is 2. The number of benzene rings is 3. The normalized spacial score (nSPS) is 15.1. The van der Waals surface area contributed by atoms with E-state index in [-0.39, 0.29) is 17.6 Å². The fraction of sp³-hybridized carbons (Fsp3) is 0.297. The molecule has 3 N–H and O–H groups in total. The maximum atomic E-state index is 14.0. The minimum Gasteiger partial charge on any atom is -0.507 e. The van der Waals surface area contributed by atoms with Gasteiger partial charge in [-0.05, 0) is 88.1 Å². The van der Waals surface area contributed by atoms with Gasteiger partial charge < -0.3 is 25.4 Å². The number of anilines is 1. The van der Waals surface area contributed by atoms with Crippen molar-refractivity contribution < 1.29 is 24.2 Å². The van der Waals surface area contributed by atoms with Crippen molar-refractivity contribution in [2.45, 2.75) is 57.7 Å². The summed E-state index contributed by atoms with van der Waals surface area (Å²) < 4.78 is 7.90. The van der Waals surface area contributed by atoms with Crippen molar-refractivity contribution in [1.29, 1.82) is 0 Å². The molecule has 2 atom stereocenters. The smallest absolute Gasteiger partial charge is 0.408 e. The standard InChI is InChI=1S/C37H38BrN5O5/c1-37(2,3)48-36(47)40-33(25-10-6-5-7-11-25)35(46)43-21-9-8-12-30(43)34(45)39-28-18-14-24(15-19-28)13-16-26-23-42(4)41-32(26)29-22-27(38)17-20-31(29)44/h5-7,10-11,14-15,17-20,22-23,30,33,44H,8-9,12,21H2,1-4H3,(H,39,45)(H,40,47)/t30-,33?/m1/s1. The first-order valence-corrected chi connectivity index (χ1v) is 16.5. The van der Waals surface area contributed by atoms with E-state index in [0.717, 1.165) is 22.9 Å². The first kappa shape index (κ1) is 34.3. The molecule has 10 nitrogen and oxygen atoms in total. The summed E-state index contributed by atoms with van der Waals surface area (Å²) in [4.78, 5) is 41.9. The second kappa shape index (κ2) is 14.8. The van der Waals surface area contributed by atoms with E-state index in [0.29, 0.717) is 41.0 Å². The minimum atomic E-state index is -1.01. The van der Waals surface area contributed by atoms with Gasteiger partial charge in [-0.2, -0.15) is 5.10 Å². The Morgan fingerprint density at radius 1 is 1.02 bits per heavy atom. The zero-order valence-corrected chi connectivity index (χ0v) is 28.9. The van der Waals surface area contributed by atoms with Gasteiger partial charge >= 0.3 is 6.09 Å². The Labute approximate surface area is 288 Å². The summed E-state index contributed by atoms with van der Waals surface area (Å²) in [5.41, 5.74) is 2.93. The molecule has 3 amide bonds. The largest absolute Gasteiger partial charge is 0.507 e. The minimum absolute atomic E-state index is 0.105. The fourth-order valence-electron chi connectivity index (χ4n) is 5.47. The highest BCUT2D eigenvalue weighted by Crippen LogP contribution is 2.33. The van der Waals surface area contributed by atoms with Crippen molar-refractivity contribution in [1.82, 2.24) is 20.0 Å². The average molecular weight is 713 g/mol. The number of carbonyl (C=O) groups is 3. The number of amides is 3. The molecule has 0 aliphatic carbocycles. The second-order valence-corrected chi connectivity index (χ2v) is 13.5. The van der Waals surface area contributed by atoms with E-state index < -0.39 is 23.8 Å². The number of nitrogens with zero attached hydrogens (tertiary/aromatic N) is 3. The number of hydrogen-bond acceptors (Lipinski definition) is 6. The van der Waals surface area contributed by atoms with Crippen LogP contribution in [0.25, 0.3) is 11.3 Å². The van der Waals surface area contributed by atoms with Crippen LogP contribution >= 0.6 is 15.9 Å². The third kappa shape index (κ3) is 8.63. The molecule has 1 aliphatic heterocycles. The summed E-state index contributed by atoms with van der Waals surface area (Å²) in [5.74, 6) is 5.71. The lowest BCUT2D eigenvalue weighted by Gasteiger charge is -2.37. The molecule has 0 spiro atoms. The summed E-state index contributed by atoms with van der Waals surface area (Å²) in [6.45, 7) is 5.65. The van der Waals surface area contributed by atoms with Crippen LogP contribution in [0.15, 0.2) is 83.5 Å². The van der Waals surface area contributed by atoms with Gasteiger partial charge in [0.05, 0.1) is 5.56 Å². The Bertz CT molecular complexity index is 1850. The first-order valence-electron chi connectivity index (χ1n) is 15.7. The molecule has 248 valence electrons. The van der Waals surface area contributed by atoms with Gasteiger partial charge in [-0.1, -0.05) is 58.1 Å². The van der Waals surface area contributed by atoms with Gasteiger partial charge in [-0.25, -0.2) is 4.79 Å². The third-order valence-electron chi connectivity index (χ3n) is 7.67. The van der Waals surface area contributed by atoms with Crippen molar-refractivity contribution in [2.24, 2.45) is 7.05 Å². The Hall–Kier alpha value is -5.08. The Morgan fingerprint density at radius 3 is 2.46 bits per heavy atom. The van der Waals surface area contributed by atoms with E-state index in [2.05, 4.69) is 43.5 Å². The number of nitrogens with one attached hydrogen (secondary N) is 2. The van der Waals surface area contributed by atoms with Crippen LogP contribution in [0, 0.1) is 11.8 Å². The molecule has 2 heterocycles. The summed E-state index contributed by atoms with van der Waals surface area (Å²) in [6.07, 6.45) is 3.11. The molecule has 11 heteroatoms. The van der Waals surface area contributed by atoms with Crippen LogP contribution in [0.4, 0.5) is 10.5 Å². The number of halogens is 1. The molecule has 1 aromatic heterocycles. The zero-order valence-electron chi connectivity index (χ0n) is 27.3. The van der Waals surface area contributed by atoms with Crippen LogP contribution in [0.5, 0.6) is 5.75 Å². The first-order chi connectivity index (χ1) is 22.9. The van der Waals surface area contributed by atoms with Crippen LogP contribution in [-0.2, 0) is 21.4 Å². The predicted molar refractivity (Wildman–Crippen MR) is 187 cm³/mol. The zero-order chi connectivity index (χ0) is 34.4. The van der Waals surface area contributed by atoms with Gasteiger partial charge in [0, 0.05) is 41.1 Å². The summed E-state index contributed by atoms with van der Waals surface area (Å²) in [7, 11) is 1.79. The number of likely N-dealkylation sites (tertiary alicyclic amines) is 1. The number of alkyl carbamates (subject to hydrolysis) is 1. The molecule has 0 bridgehead atoms. The highest BCUT2D eigenvalue weighted by Gasteiger charge is 2.37. The number of rotatable bonds is 6. The van der Waals surface area contributed by atoms with Gasteiger partial charge in [0.15, 0.2) is 0 Å². The van der Waals surface area contributed by atoms with Gasteiger partial charge in [0.2, 0.25) is 5.91 Å². The van der Waals surface area contributed by atoms with Gasteiger partial charge in [0.25, 0.3) is 5.91 Å². The van der Waals surface area contributed by atoms with Gasteiger partial charge in [-0.3, -0.25) is 14.3 Å². The summed E-state index contributed by atoms with van der Waals surface area (Å²) in [6, 6.07) is 19.5. The molecule has 5 rings (SSSR count). The SMILES string of the molecule is Cn1cc(C#Cc2ccc(NC(=O)[C@H]3CCCCN3C(=O)C(NC(=O)OC(C)(C)C)c3ccccc3)cc2)c(-c2cc(Br)ccc2O)n1. The number of hydrogen-bond donors (Lipinski definition) is 3. The maximum absolute atomic E-state index is 14.0. The summed E-state index contributed by atoms with van der Waals surface area (Å²) in [5, 5.41) is 20.6. The van der Waals surface area contributed by atoms with Crippen molar-refractivity contribution in [2.75, 3.05) is 11.9 Å². The molecular weight excluding hydrogens is 674 g/mol. The van der Waals surface area contributed by atoms with E-state index in [4.69, 9.17) is 4.74 Å². The van der Waals surface area contributed by atoms with E-state index >= 15 is 0 Å². The van der Waals surface area contributed by atoms with Crippen LogP contribution in [0.2, 0.25) is 0 Å². The molecule has 1 saturated heterocycles. The second-order valence-electron chi connectivity index (χ2n) is 12.6. The maximum Gasteiger partial charge on any atom is 0.408 e. The van der Waals surface area contributed by atoms with E-state index in [1.54, 1.807) is 110 Å². The molecule has 1 aliphatic rings. The van der Waals surface area contributed by atoms with E-state index in [1.165, 1.54) is 0 Å². The Kier molecular flexibility index (Phi) is 10.5. The van der Waals surface area contributed by atoms with Gasteiger partial charge in [-0.15, -0.1) is 0 Å². The van der Waals surface area contributed by atoms with Crippen molar-refractivity contribution in [3.05, 3.63) is 100 Å². The number of ether oxygens (including phenoxy) is 1. The van der Waals surface area contributed by atoms with Crippen LogP contribution in [0.3, 0.4) is 0 Å². The number of carbonyl (C=O) groups excluding carboxylic acids is 3. The van der Waals surface area contributed by atoms with Crippen molar-refractivity contribution in [3.8, 4) is 28.8 Å². The van der Waals surface area contributed by atoms with Gasteiger partial charge in [0.1, 0.15) is 29.1 Å². The number of piperidine rings is 1. The highest BCUT2D eigenvalue weighted by atomic mass is 79.9. The number of phenolic OH excluding ortho intramolecular Hbond substituents is 1.